The Balaban J connectivity index is 1.55. The van der Waals surface area contributed by atoms with Crippen molar-refractivity contribution in [3.63, 3.8) is 0 Å². The van der Waals surface area contributed by atoms with E-state index >= 15 is 0 Å². The summed E-state index contributed by atoms with van der Waals surface area (Å²) < 4.78 is 22.5. The first-order valence-corrected chi connectivity index (χ1v) is 8.51. The van der Waals surface area contributed by atoms with E-state index in [1.54, 1.807) is 23.1 Å². The van der Waals surface area contributed by atoms with Crippen LogP contribution < -0.4 is 9.47 Å². The molecule has 2 fully saturated rings. The second-order valence-electron chi connectivity index (χ2n) is 5.98. The van der Waals surface area contributed by atoms with Gasteiger partial charge in [-0.2, -0.15) is 5.26 Å². The van der Waals surface area contributed by atoms with E-state index < -0.39 is 5.79 Å². The predicted molar refractivity (Wildman–Crippen MR) is 88.3 cm³/mol. The lowest BCUT2D eigenvalue weighted by Crippen LogP contribution is -2.48. The predicted octanol–water partition coefficient (Wildman–Crippen LogP) is 1.70. The molecule has 1 spiro atoms. The minimum absolute atomic E-state index is 0.0688. The van der Waals surface area contributed by atoms with Crippen molar-refractivity contribution in [2.45, 2.75) is 25.6 Å². The van der Waals surface area contributed by atoms with Crippen LogP contribution in [0.25, 0.3) is 0 Å². The van der Waals surface area contributed by atoms with Crippen molar-refractivity contribution in [2.75, 3.05) is 39.5 Å². The molecule has 25 heavy (non-hydrogen) atoms. The fourth-order valence-corrected chi connectivity index (χ4v) is 3.08. The molecule has 0 N–H and O–H groups in total. The Morgan fingerprint density at radius 3 is 2.60 bits per heavy atom. The van der Waals surface area contributed by atoms with E-state index in [1.807, 2.05) is 6.92 Å². The SMILES string of the molecule is CCOc1cc(C#N)ccc1OCC(=O)N1CCC2(CC1)OCCO2. The zero-order chi connectivity index (χ0) is 17.7. The number of rotatable bonds is 5. The maximum atomic E-state index is 12.4. The van der Waals surface area contributed by atoms with Crippen LogP contribution in [-0.4, -0.2) is 56.1 Å². The summed E-state index contributed by atoms with van der Waals surface area (Å²) in [5, 5.41) is 8.97. The molecule has 134 valence electrons. The van der Waals surface area contributed by atoms with Crippen LogP contribution >= 0.6 is 0 Å². The molecular weight excluding hydrogens is 324 g/mol. The Hall–Kier alpha value is -2.30. The highest BCUT2D eigenvalue weighted by atomic mass is 16.7. The summed E-state index contributed by atoms with van der Waals surface area (Å²) in [7, 11) is 0. The molecule has 2 saturated heterocycles. The smallest absolute Gasteiger partial charge is 0.260 e. The number of nitriles is 1. The first-order chi connectivity index (χ1) is 12.2. The monoisotopic (exact) mass is 346 g/mol. The van der Waals surface area contributed by atoms with Gasteiger partial charge in [-0.15, -0.1) is 0 Å². The molecular formula is C18H22N2O5. The molecule has 0 aromatic heterocycles. The van der Waals surface area contributed by atoms with Crippen molar-refractivity contribution in [3.8, 4) is 17.6 Å². The van der Waals surface area contributed by atoms with E-state index in [-0.39, 0.29) is 12.5 Å². The fraction of sp³-hybridized carbons (Fsp3) is 0.556. The summed E-state index contributed by atoms with van der Waals surface area (Å²) in [6, 6.07) is 6.97. The lowest BCUT2D eigenvalue weighted by Gasteiger charge is -2.37. The first kappa shape index (κ1) is 17.5. The highest BCUT2D eigenvalue weighted by molar-refractivity contribution is 5.78. The number of benzene rings is 1. The van der Waals surface area contributed by atoms with Crippen molar-refractivity contribution >= 4 is 5.91 Å². The molecule has 2 aliphatic heterocycles. The van der Waals surface area contributed by atoms with Crippen LogP contribution in [0.5, 0.6) is 11.5 Å². The third-order valence-electron chi connectivity index (χ3n) is 4.42. The third kappa shape index (κ3) is 4.03. The number of piperidine rings is 1. The van der Waals surface area contributed by atoms with E-state index in [9.17, 15) is 4.79 Å². The zero-order valence-corrected chi connectivity index (χ0v) is 14.3. The number of ether oxygens (including phenoxy) is 4. The molecule has 1 aromatic rings. The summed E-state index contributed by atoms with van der Waals surface area (Å²) in [5.74, 6) is 0.358. The number of carbonyl (C=O) groups excluding carboxylic acids is 1. The summed E-state index contributed by atoms with van der Waals surface area (Å²) in [5.41, 5.74) is 0.486. The topological polar surface area (TPSA) is 81.0 Å². The van der Waals surface area contributed by atoms with Crippen molar-refractivity contribution in [3.05, 3.63) is 23.8 Å². The molecule has 7 nitrogen and oxygen atoms in total. The van der Waals surface area contributed by atoms with E-state index in [0.717, 1.165) is 0 Å². The van der Waals surface area contributed by atoms with Gasteiger partial charge >= 0.3 is 0 Å². The van der Waals surface area contributed by atoms with Gasteiger partial charge in [0, 0.05) is 32.0 Å². The third-order valence-corrected chi connectivity index (χ3v) is 4.42. The van der Waals surface area contributed by atoms with Gasteiger partial charge in [-0.05, 0) is 19.1 Å². The maximum Gasteiger partial charge on any atom is 0.260 e. The van der Waals surface area contributed by atoms with E-state index in [4.69, 9.17) is 24.2 Å². The van der Waals surface area contributed by atoms with Crippen LogP contribution in [0.3, 0.4) is 0 Å². The van der Waals surface area contributed by atoms with E-state index in [0.29, 0.717) is 62.8 Å². The molecule has 2 heterocycles. The quantitative estimate of drug-likeness (QED) is 0.807. The van der Waals surface area contributed by atoms with Gasteiger partial charge in [0.05, 0.1) is 31.5 Å². The number of hydrogen-bond acceptors (Lipinski definition) is 6. The van der Waals surface area contributed by atoms with Crippen molar-refractivity contribution in [1.29, 1.82) is 5.26 Å². The van der Waals surface area contributed by atoms with Gasteiger partial charge < -0.3 is 23.8 Å². The van der Waals surface area contributed by atoms with E-state index in [2.05, 4.69) is 6.07 Å². The molecule has 0 atom stereocenters. The lowest BCUT2D eigenvalue weighted by atomic mass is 10.0. The van der Waals surface area contributed by atoms with Gasteiger partial charge in [0.1, 0.15) is 0 Å². The Morgan fingerprint density at radius 1 is 1.24 bits per heavy atom. The normalized spacial score (nSPS) is 18.8. The summed E-state index contributed by atoms with van der Waals surface area (Å²) in [6.45, 7) is 4.66. The lowest BCUT2D eigenvalue weighted by molar-refractivity contribution is -0.187. The number of likely N-dealkylation sites (tertiary alicyclic amines) is 1. The van der Waals surface area contributed by atoms with Crippen LogP contribution in [0, 0.1) is 11.3 Å². The largest absolute Gasteiger partial charge is 0.490 e. The average molecular weight is 346 g/mol. The molecule has 7 heteroatoms. The molecule has 0 bridgehead atoms. The van der Waals surface area contributed by atoms with Gasteiger partial charge in [-0.3, -0.25) is 4.79 Å². The number of nitrogens with zero attached hydrogens (tertiary/aromatic N) is 2. The highest BCUT2D eigenvalue weighted by Gasteiger charge is 2.40. The van der Waals surface area contributed by atoms with Crippen molar-refractivity contribution < 1.29 is 23.7 Å². The Bertz CT molecular complexity index is 654. The maximum absolute atomic E-state index is 12.4. The number of hydrogen-bond donors (Lipinski definition) is 0. The van der Waals surface area contributed by atoms with Crippen molar-refractivity contribution in [1.82, 2.24) is 4.90 Å². The van der Waals surface area contributed by atoms with Gasteiger partial charge in [0.15, 0.2) is 23.9 Å². The molecule has 0 unspecified atom stereocenters. The molecule has 0 aliphatic carbocycles. The minimum Gasteiger partial charge on any atom is -0.490 e. The molecule has 3 rings (SSSR count). The molecule has 0 radical (unpaired) electrons. The molecule has 1 amide bonds. The average Bonchev–Trinajstić information content (AvgIpc) is 3.09. The van der Waals surface area contributed by atoms with Gasteiger partial charge in [-0.1, -0.05) is 0 Å². The summed E-state index contributed by atoms with van der Waals surface area (Å²) >= 11 is 0. The Labute approximate surface area is 147 Å². The molecule has 1 aromatic carbocycles. The summed E-state index contributed by atoms with van der Waals surface area (Å²) in [6.07, 6.45) is 1.36. The van der Waals surface area contributed by atoms with Gasteiger partial charge in [-0.25, -0.2) is 0 Å². The summed E-state index contributed by atoms with van der Waals surface area (Å²) in [4.78, 5) is 14.2. The minimum atomic E-state index is -0.493. The standard InChI is InChI=1S/C18H22N2O5/c1-2-22-16-11-14(12-19)3-4-15(16)23-13-17(21)20-7-5-18(6-8-20)24-9-10-25-18/h3-4,11H,2,5-10,13H2,1H3. The van der Waals surface area contributed by atoms with Crippen LogP contribution in [0.1, 0.15) is 25.3 Å². The zero-order valence-electron chi connectivity index (χ0n) is 14.3. The Kier molecular flexibility index (Phi) is 5.41. The van der Waals surface area contributed by atoms with Crippen LogP contribution in [-0.2, 0) is 14.3 Å². The highest BCUT2D eigenvalue weighted by Crippen LogP contribution is 2.32. The fourth-order valence-electron chi connectivity index (χ4n) is 3.08. The number of carbonyl (C=O) groups is 1. The van der Waals surface area contributed by atoms with Gasteiger partial charge in [0.25, 0.3) is 5.91 Å². The van der Waals surface area contributed by atoms with Crippen LogP contribution in [0.15, 0.2) is 18.2 Å². The Morgan fingerprint density at radius 2 is 1.96 bits per heavy atom. The molecule has 0 saturated carbocycles. The van der Waals surface area contributed by atoms with Crippen molar-refractivity contribution in [2.24, 2.45) is 0 Å². The number of amides is 1. The van der Waals surface area contributed by atoms with E-state index in [1.165, 1.54) is 0 Å². The van der Waals surface area contributed by atoms with Crippen LogP contribution in [0.4, 0.5) is 0 Å². The second-order valence-corrected chi connectivity index (χ2v) is 5.98. The van der Waals surface area contributed by atoms with Gasteiger partial charge in [0.2, 0.25) is 0 Å². The van der Waals surface area contributed by atoms with Crippen LogP contribution in [0.2, 0.25) is 0 Å². The first-order valence-electron chi connectivity index (χ1n) is 8.51. The second kappa shape index (κ2) is 7.72. The molecule has 2 aliphatic rings.